The summed E-state index contributed by atoms with van der Waals surface area (Å²) in [6.07, 6.45) is 2.15. The Kier molecular flexibility index (Phi) is 6.01. The molecule has 3 rings (SSSR count). The molecule has 2 aromatic heterocycles. The minimum absolute atomic E-state index is 0.0939. The van der Waals surface area contributed by atoms with Crippen molar-refractivity contribution >= 4 is 17.5 Å². The molecule has 2 heterocycles. The van der Waals surface area contributed by atoms with Crippen LogP contribution in [-0.2, 0) is 0 Å². The predicted molar refractivity (Wildman–Crippen MR) is 106 cm³/mol. The average molecular weight is 414 g/mol. The molecule has 1 amide bonds. The van der Waals surface area contributed by atoms with E-state index in [4.69, 9.17) is 21.3 Å². The van der Waals surface area contributed by atoms with Gasteiger partial charge in [0.15, 0.2) is 5.69 Å². The van der Waals surface area contributed by atoms with Crippen molar-refractivity contribution in [3.63, 3.8) is 0 Å². The van der Waals surface area contributed by atoms with Crippen LogP contribution in [0.3, 0.4) is 0 Å². The summed E-state index contributed by atoms with van der Waals surface area (Å²) in [6, 6.07) is 7.30. The Hall–Kier alpha value is -3.15. The van der Waals surface area contributed by atoms with Gasteiger partial charge in [0.05, 0.1) is 22.3 Å². The first-order valence-electron chi connectivity index (χ1n) is 8.98. The second kappa shape index (κ2) is 8.47. The maximum Gasteiger partial charge on any atom is 0.273 e. The molecule has 1 unspecified atom stereocenters. The van der Waals surface area contributed by atoms with Gasteiger partial charge in [-0.25, -0.2) is 4.98 Å². The van der Waals surface area contributed by atoms with Gasteiger partial charge in [-0.1, -0.05) is 17.7 Å². The van der Waals surface area contributed by atoms with Crippen molar-refractivity contribution in [1.29, 1.82) is 5.26 Å². The number of nitriles is 1. The Balaban J connectivity index is 1.68. The smallest absolute Gasteiger partial charge is 0.273 e. The lowest BCUT2D eigenvalue weighted by Gasteiger charge is -2.13. The van der Waals surface area contributed by atoms with Gasteiger partial charge in [-0.15, -0.1) is 0 Å². The molecule has 0 aliphatic carbocycles. The van der Waals surface area contributed by atoms with Crippen LogP contribution in [0.2, 0.25) is 5.02 Å². The molecule has 2 N–H and O–H groups in total. The maximum absolute atomic E-state index is 12.2. The molecule has 8 nitrogen and oxygen atoms in total. The first-order valence-corrected chi connectivity index (χ1v) is 9.36. The van der Waals surface area contributed by atoms with Crippen LogP contribution in [0, 0.1) is 18.3 Å². The number of halogens is 1. The third kappa shape index (κ3) is 4.31. The highest BCUT2D eigenvalue weighted by Gasteiger charge is 2.17. The SMILES string of the molecule is Cc1c(-c2ccn([C@@H](C)CNC(=O)c3coc(C(C)O)n3)n2)ccc(C#N)c1Cl. The molecule has 150 valence electrons. The molecular formula is C20H20ClN5O3. The third-order valence-corrected chi connectivity index (χ3v) is 5.00. The number of aliphatic hydroxyl groups is 1. The van der Waals surface area contributed by atoms with Crippen LogP contribution in [0.5, 0.6) is 0 Å². The number of carbonyl (C=O) groups is 1. The van der Waals surface area contributed by atoms with Crippen LogP contribution in [0.1, 0.15) is 53.5 Å². The largest absolute Gasteiger partial charge is 0.445 e. The fourth-order valence-corrected chi connectivity index (χ4v) is 2.99. The number of carbonyl (C=O) groups excluding carboxylic acids is 1. The number of nitrogens with one attached hydrogen (secondary N) is 1. The molecule has 1 aromatic carbocycles. The lowest BCUT2D eigenvalue weighted by Crippen LogP contribution is -2.30. The normalized spacial score (nSPS) is 13.0. The highest BCUT2D eigenvalue weighted by atomic mass is 35.5. The maximum atomic E-state index is 12.2. The van der Waals surface area contributed by atoms with E-state index in [0.29, 0.717) is 17.1 Å². The predicted octanol–water partition coefficient (Wildman–Crippen LogP) is 3.42. The van der Waals surface area contributed by atoms with Crippen LogP contribution in [0.25, 0.3) is 11.3 Å². The summed E-state index contributed by atoms with van der Waals surface area (Å²) in [5.74, 6) is -0.300. The summed E-state index contributed by atoms with van der Waals surface area (Å²) in [7, 11) is 0. The van der Waals surface area contributed by atoms with Gasteiger partial charge in [0, 0.05) is 18.3 Å². The molecule has 0 saturated heterocycles. The van der Waals surface area contributed by atoms with Crippen LogP contribution < -0.4 is 5.32 Å². The van der Waals surface area contributed by atoms with Gasteiger partial charge in [0.25, 0.3) is 5.91 Å². The number of aromatic nitrogens is 3. The van der Waals surface area contributed by atoms with Crippen LogP contribution in [0.15, 0.2) is 35.1 Å². The zero-order valence-corrected chi connectivity index (χ0v) is 16.9. The number of oxazole rings is 1. The van der Waals surface area contributed by atoms with Gasteiger partial charge in [0.1, 0.15) is 18.4 Å². The summed E-state index contributed by atoms with van der Waals surface area (Å²) in [5, 5.41) is 26.3. The summed E-state index contributed by atoms with van der Waals surface area (Å²) >= 11 is 6.25. The second-order valence-corrected chi connectivity index (χ2v) is 7.08. The average Bonchev–Trinajstić information content (AvgIpc) is 3.38. The Morgan fingerprint density at radius 3 is 2.83 bits per heavy atom. The highest BCUT2D eigenvalue weighted by Crippen LogP contribution is 2.30. The lowest BCUT2D eigenvalue weighted by molar-refractivity contribution is 0.0942. The number of benzene rings is 1. The third-order valence-electron chi connectivity index (χ3n) is 4.51. The molecular weight excluding hydrogens is 394 g/mol. The molecule has 9 heteroatoms. The van der Waals surface area contributed by atoms with Crippen molar-refractivity contribution < 1.29 is 14.3 Å². The molecule has 3 aromatic rings. The number of hydrogen-bond acceptors (Lipinski definition) is 6. The number of hydrogen-bond donors (Lipinski definition) is 2. The first kappa shape index (κ1) is 20.6. The topological polar surface area (TPSA) is 117 Å². The number of rotatable bonds is 6. The van der Waals surface area contributed by atoms with E-state index in [0.717, 1.165) is 16.8 Å². The fourth-order valence-electron chi connectivity index (χ4n) is 2.78. The molecule has 0 fully saturated rings. The summed E-state index contributed by atoms with van der Waals surface area (Å²) < 4.78 is 6.80. The lowest BCUT2D eigenvalue weighted by atomic mass is 10.0. The van der Waals surface area contributed by atoms with E-state index in [1.54, 1.807) is 10.7 Å². The van der Waals surface area contributed by atoms with E-state index in [9.17, 15) is 9.90 Å². The fraction of sp³-hybridized carbons (Fsp3) is 0.300. The summed E-state index contributed by atoms with van der Waals surface area (Å²) in [6.45, 7) is 5.60. The Morgan fingerprint density at radius 1 is 1.41 bits per heavy atom. The minimum atomic E-state index is -0.878. The first-order chi connectivity index (χ1) is 13.8. The monoisotopic (exact) mass is 413 g/mol. The zero-order valence-electron chi connectivity index (χ0n) is 16.2. The molecule has 0 aliphatic rings. The summed E-state index contributed by atoms with van der Waals surface area (Å²) in [5.41, 5.74) is 2.89. The molecule has 0 radical (unpaired) electrons. The van der Waals surface area contributed by atoms with Gasteiger partial charge >= 0.3 is 0 Å². The van der Waals surface area contributed by atoms with E-state index in [1.165, 1.54) is 13.2 Å². The van der Waals surface area contributed by atoms with Crippen molar-refractivity contribution in [3.8, 4) is 17.3 Å². The number of aliphatic hydroxyl groups excluding tert-OH is 1. The second-order valence-electron chi connectivity index (χ2n) is 6.70. The Morgan fingerprint density at radius 2 is 2.17 bits per heavy atom. The van der Waals surface area contributed by atoms with Crippen LogP contribution >= 0.6 is 11.6 Å². The van der Waals surface area contributed by atoms with Crippen LogP contribution in [0.4, 0.5) is 0 Å². The standard InChI is InChI=1S/C20H20ClN5O3/c1-11(9-23-19(28)17-10-29-20(24-17)13(3)27)26-7-6-16(25-26)15-5-4-14(8-22)18(21)12(15)2/h4-7,10-11,13,27H,9H2,1-3H3,(H,23,28)/t11-,13?/m0/s1. The van der Waals surface area contributed by atoms with Gasteiger partial charge in [-0.3, -0.25) is 9.48 Å². The van der Waals surface area contributed by atoms with Crippen molar-refractivity contribution in [2.24, 2.45) is 0 Å². The van der Waals surface area contributed by atoms with Gasteiger partial charge in [-0.2, -0.15) is 10.4 Å². The molecule has 2 atom stereocenters. The van der Waals surface area contributed by atoms with Crippen molar-refractivity contribution in [3.05, 3.63) is 58.4 Å². The number of amides is 1. The number of nitrogens with zero attached hydrogens (tertiary/aromatic N) is 4. The van der Waals surface area contributed by atoms with E-state index in [2.05, 4.69) is 21.5 Å². The zero-order chi connectivity index (χ0) is 21.1. The van der Waals surface area contributed by atoms with Gasteiger partial charge < -0.3 is 14.8 Å². The molecule has 0 saturated carbocycles. The quantitative estimate of drug-likeness (QED) is 0.639. The van der Waals surface area contributed by atoms with Gasteiger partial charge in [-0.05, 0) is 38.5 Å². The van der Waals surface area contributed by atoms with E-state index in [1.807, 2.05) is 32.2 Å². The van der Waals surface area contributed by atoms with Crippen molar-refractivity contribution in [2.75, 3.05) is 6.54 Å². The van der Waals surface area contributed by atoms with Crippen molar-refractivity contribution in [1.82, 2.24) is 20.1 Å². The molecule has 0 spiro atoms. The van der Waals surface area contributed by atoms with E-state index < -0.39 is 12.0 Å². The molecule has 29 heavy (non-hydrogen) atoms. The summed E-state index contributed by atoms with van der Waals surface area (Å²) in [4.78, 5) is 16.1. The van der Waals surface area contributed by atoms with Crippen LogP contribution in [-0.4, -0.2) is 32.3 Å². The molecule has 0 bridgehead atoms. The molecule has 0 aliphatic heterocycles. The van der Waals surface area contributed by atoms with E-state index >= 15 is 0 Å². The Bertz CT molecular complexity index is 1080. The van der Waals surface area contributed by atoms with E-state index in [-0.39, 0.29) is 17.6 Å². The minimum Gasteiger partial charge on any atom is -0.445 e. The van der Waals surface area contributed by atoms with Crippen molar-refractivity contribution in [2.45, 2.75) is 32.9 Å². The van der Waals surface area contributed by atoms with Gasteiger partial charge in [0.2, 0.25) is 5.89 Å². The highest BCUT2D eigenvalue weighted by molar-refractivity contribution is 6.32. The Labute approximate surface area is 172 Å².